The third-order valence-electron chi connectivity index (χ3n) is 4.14. The maximum absolute atomic E-state index is 11.6. The summed E-state index contributed by atoms with van der Waals surface area (Å²) in [5.74, 6) is 1.37. The first-order valence-corrected chi connectivity index (χ1v) is 5.62. The van der Waals surface area contributed by atoms with Crippen molar-refractivity contribution in [3.05, 3.63) is 0 Å². The van der Waals surface area contributed by atoms with Crippen LogP contribution < -0.4 is 5.32 Å². The summed E-state index contributed by atoms with van der Waals surface area (Å²) in [5, 5.41) is 10.6. The zero-order chi connectivity index (χ0) is 11.2. The summed E-state index contributed by atoms with van der Waals surface area (Å²) < 4.78 is 0. The van der Waals surface area contributed by atoms with Crippen LogP contribution in [0.2, 0.25) is 0 Å². The highest BCUT2D eigenvalue weighted by atomic mass is 16.2. The Morgan fingerprint density at radius 2 is 2.13 bits per heavy atom. The molecule has 1 aliphatic heterocycles. The van der Waals surface area contributed by atoms with Crippen LogP contribution in [0.1, 0.15) is 33.1 Å². The van der Waals surface area contributed by atoms with Gasteiger partial charge in [-0.15, -0.1) is 0 Å². The molecule has 4 heteroatoms. The molecule has 0 aromatic rings. The Bertz CT molecular complexity index is 315. The van der Waals surface area contributed by atoms with Crippen LogP contribution in [0.5, 0.6) is 0 Å². The van der Waals surface area contributed by atoms with E-state index in [0.29, 0.717) is 17.7 Å². The van der Waals surface area contributed by atoms with E-state index in [1.54, 1.807) is 4.90 Å². The topological polar surface area (TPSA) is 56.2 Å². The molecule has 1 saturated carbocycles. The van der Waals surface area contributed by atoms with E-state index in [0.717, 1.165) is 12.8 Å². The monoisotopic (exact) mass is 209 g/mol. The third kappa shape index (κ3) is 1.27. The Morgan fingerprint density at radius 1 is 1.47 bits per heavy atom. The van der Waals surface area contributed by atoms with Gasteiger partial charge in [0.05, 0.1) is 0 Å². The lowest BCUT2D eigenvalue weighted by molar-refractivity contribution is 0.102. The lowest BCUT2D eigenvalue weighted by Gasteiger charge is -2.45. The molecule has 0 bridgehead atoms. The molecule has 1 heterocycles. The predicted octanol–water partition coefficient (Wildman–Crippen LogP) is 1.81. The zero-order valence-corrected chi connectivity index (χ0v) is 9.63. The van der Waals surface area contributed by atoms with Crippen molar-refractivity contribution in [3.8, 4) is 0 Å². The van der Waals surface area contributed by atoms with Gasteiger partial charge in [0.1, 0.15) is 11.4 Å². The molecular formula is C11H19N3O. The third-order valence-corrected chi connectivity index (χ3v) is 4.14. The second-order valence-electron chi connectivity index (χ2n) is 5.08. The van der Waals surface area contributed by atoms with Gasteiger partial charge >= 0.3 is 6.03 Å². The normalized spacial score (nSPS) is 41.1. The van der Waals surface area contributed by atoms with Gasteiger partial charge in [-0.1, -0.05) is 20.3 Å². The van der Waals surface area contributed by atoms with Crippen LogP contribution in [0.4, 0.5) is 4.79 Å². The SMILES string of the molecule is CC1CCC(C)C2(C1)C(=N)NC(=O)N2C. The Hall–Kier alpha value is -1.06. The van der Waals surface area contributed by atoms with E-state index in [9.17, 15) is 4.79 Å². The number of carbonyl (C=O) groups is 1. The average molecular weight is 209 g/mol. The zero-order valence-electron chi connectivity index (χ0n) is 9.63. The molecule has 3 unspecified atom stereocenters. The number of likely N-dealkylation sites (N-methyl/N-ethyl adjacent to an activating group) is 1. The molecule has 2 rings (SSSR count). The lowest BCUT2D eigenvalue weighted by Crippen LogP contribution is -2.55. The Morgan fingerprint density at radius 3 is 2.67 bits per heavy atom. The number of carbonyl (C=O) groups excluding carboxylic acids is 1. The molecule has 1 aliphatic carbocycles. The summed E-state index contributed by atoms with van der Waals surface area (Å²) in [6.07, 6.45) is 3.23. The number of hydrogen-bond donors (Lipinski definition) is 2. The first-order valence-electron chi connectivity index (χ1n) is 5.62. The van der Waals surface area contributed by atoms with Crippen molar-refractivity contribution < 1.29 is 4.79 Å². The van der Waals surface area contributed by atoms with E-state index >= 15 is 0 Å². The molecule has 1 saturated heterocycles. The van der Waals surface area contributed by atoms with Gasteiger partial charge in [-0.3, -0.25) is 10.7 Å². The molecule has 0 aromatic heterocycles. The number of nitrogens with one attached hydrogen (secondary N) is 2. The van der Waals surface area contributed by atoms with E-state index in [4.69, 9.17) is 5.41 Å². The van der Waals surface area contributed by atoms with Gasteiger partial charge in [-0.25, -0.2) is 4.79 Å². The molecule has 2 aliphatic rings. The second-order valence-corrected chi connectivity index (χ2v) is 5.08. The summed E-state index contributed by atoms with van der Waals surface area (Å²) in [7, 11) is 1.81. The Balaban J connectivity index is 2.37. The number of hydrogen-bond acceptors (Lipinski definition) is 2. The van der Waals surface area contributed by atoms with E-state index in [2.05, 4.69) is 19.2 Å². The highest BCUT2D eigenvalue weighted by Gasteiger charge is 2.53. The molecule has 2 N–H and O–H groups in total. The quantitative estimate of drug-likeness (QED) is 0.628. The lowest BCUT2D eigenvalue weighted by atomic mass is 9.69. The average Bonchev–Trinajstić information content (AvgIpc) is 2.38. The molecule has 2 fully saturated rings. The van der Waals surface area contributed by atoms with Crippen LogP contribution in [0, 0.1) is 17.2 Å². The van der Waals surface area contributed by atoms with Crippen molar-refractivity contribution in [3.63, 3.8) is 0 Å². The number of urea groups is 1. The minimum Gasteiger partial charge on any atom is -0.314 e. The molecule has 3 atom stereocenters. The summed E-state index contributed by atoms with van der Waals surface area (Å²) in [5.41, 5.74) is -0.352. The number of nitrogens with zero attached hydrogens (tertiary/aromatic N) is 1. The highest BCUT2D eigenvalue weighted by molar-refractivity contribution is 6.08. The first kappa shape index (κ1) is 10.5. The van der Waals surface area contributed by atoms with Crippen LogP contribution >= 0.6 is 0 Å². The molecule has 1 spiro atoms. The largest absolute Gasteiger partial charge is 0.323 e. The number of rotatable bonds is 0. The van der Waals surface area contributed by atoms with Gasteiger partial charge in [-0.05, 0) is 24.7 Å². The van der Waals surface area contributed by atoms with Gasteiger partial charge in [0.25, 0.3) is 0 Å². The van der Waals surface area contributed by atoms with E-state index in [1.165, 1.54) is 6.42 Å². The second kappa shape index (κ2) is 3.22. The fourth-order valence-corrected chi connectivity index (χ4v) is 3.07. The number of amidine groups is 1. The van der Waals surface area contributed by atoms with E-state index < -0.39 is 0 Å². The Labute approximate surface area is 90.5 Å². The maximum atomic E-state index is 11.6. The van der Waals surface area contributed by atoms with Crippen LogP contribution in [0.25, 0.3) is 0 Å². The van der Waals surface area contributed by atoms with Crippen molar-refractivity contribution in [2.45, 2.75) is 38.6 Å². The van der Waals surface area contributed by atoms with Crippen LogP contribution in [-0.2, 0) is 0 Å². The van der Waals surface area contributed by atoms with Crippen molar-refractivity contribution in [2.75, 3.05) is 7.05 Å². The minimum absolute atomic E-state index is 0.124. The molecular weight excluding hydrogens is 190 g/mol. The fraction of sp³-hybridized carbons (Fsp3) is 0.818. The fourth-order valence-electron chi connectivity index (χ4n) is 3.07. The maximum Gasteiger partial charge on any atom is 0.323 e. The van der Waals surface area contributed by atoms with Crippen molar-refractivity contribution in [2.24, 2.45) is 11.8 Å². The summed E-state index contributed by atoms with van der Waals surface area (Å²) >= 11 is 0. The molecule has 2 amide bonds. The van der Waals surface area contributed by atoms with Gasteiger partial charge < -0.3 is 4.90 Å². The molecule has 84 valence electrons. The number of amides is 2. The summed E-state index contributed by atoms with van der Waals surface area (Å²) in [4.78, 5) is 13.3. The molecule has 4 nitrogen and oxygen atoms in total. The van der Waals surface area contributed by atoms with Gasteiger partial charge in [0.2, 0.25) is 0 Å². The minimum atomic E-state index is -0.352. The highest BCUT2D eigenvalue weighted by Crippen LogP contribution is 2.42. The van der Waals surface area contributed by atoms with Crippen molar-refractivity contribution in [1.82, 2.24) is 10.2 Å². The molecule has 15 heavy (non-hydrogen) atoms. The van der Waals surface area contributed by atoms with E-state index in [-0.39, 0.29) is 11.6 Å². The van der Waals surface area contributed by atoms with E-state index in [1.807, 2.05) is 7.05 Å². The molecule has 0 radical (unpaired) electrons. The van der Waals surface area contributed by atoms with Crippen LogP contribution in [0.15, 0.2) is 0 Å². The van der Waals surface area contributed by atoms with Crippen molar-refractivity contribution >= 4 is 11.9 Å². The van der Waals surface area contributed by atoms with Gasteiger partial charge in [0, 0.05) is 7.05 Å². The first-order chi connectivity index (χ1) is 6.98. The van der Waals surface area contributed by atoms with Gasteiger partial charge in [-0.2, -0.15) is 0 Å². The standard InChI is InChI=1S/C11H19N3O/c1-7-4-5-8(2)11(6-7)9(12)13-10(15)14(11)3/h7-8H,4-6H2,1-3H3,(H2,12,13,15). The smallest absolute Gasteiger partial charge is 0.314 e. The summed E-state index contributed by atoms with van der Waals surface area (Å²) in [6, 6.07) is -0.124. The van der Waals surface area contributed by atoms with Crippen LogP contribution in [0.3, 0.4) is 0 Å². The molecule has 0 aromatic carbocycles. The summed E-state index contributed by atoms with van der Waals surface area (Å²) in [6.45, 7) is 4.36. The van der Waals surface area contributed by atoms with Crippen molar-refractivity contribution in [1.29, 1.82) is 5.41 Å². The van der Waals surface area contributed by atoms with Crippen LogP contribution in [-0.4, -0.2) is 29.4 Å². The van der Waals surface area contributed by atoms with Gasteiger partial charge in [0.15, 0.2) is 0 Å². The predicted molar refractivity (Wildman–Crippen MR) is 58.9 cm³/mol. The Kier molecular flexibility index (Phi) is 2.24.